The minimum absolute atomic E-state index is 0.0235. The summed E-state index contributed by atoms with van der Waals surface area (Å²) in [4.78, 5) is 24.0. The molecule has 1 aromatic carbocycles. The molecule has 0 aromatic heterocycles. The molecule has 1 atom stereocenters. The Bertz CT molecular complexity index is 542. The number of amides is 1. The van der Waals surface area contributed by atoms with Crippen LogP contribution in [-0.2, 0) is 4.79 Å². The summed E-state index contributed by atoms with van der Waals surface area (Å²) in [5.41, 5.74) is 0.672. The maximum Gasteiger partial charge on any atom is 0.270 e. The van der Waals surface area contributed by atoms with Crippen LogP contribution in [0.4, 0.5) is 5.69 Å². The summed E-state index contributed by atoms with van der Waals surface area (Å²) in [6.07, 6.45) is 3.08. The summed E-state index contributed by atoms with van der Waals surface area (Å²) in [5, 5.41) is 13.9. The molecule has 1 heterocycles. The molecule has 0 saturated carbocycles. The number of hydrogen-bond donors (Lipinski definition) is 1. The summed E-state index contributed by atoms with van der Waals surface area (Å²) in [5.74, 6) is -0.0649. The Morgan fingerprint density at radius 3 is 3.05 bits per heavy atom. The number of nitrogens with zero attached hydrogens (tertiary/aromatic N) is 2. The van der Waals surface area contributed by atoms with E-state index in [1.54, 1.807) is 23.1 Å². The third-order valence-electron chi connectivity index (χ3n) is 3.18. The van der Waals surface area contributed by atoms with Gasteiger partial charge in [0.05, 0.1) is 4.92 Å². The molecule has 20 heavy (non-hydrogen) atoms. The van der Waals surface area contributed by atoms with Crippen molar-refractivity contribution >= 4 is 17.7 Å². The largest absolute Gasteiger partial charge is 0.336 e. The van der Waals surface area contributed by atoms with E-state index in [1.165, 1.54) is 18.2 Å². The molecule has 0 radical (unpaired) electrons. The fraction of sp³-hybridized carbons (Fsp3) is 0.357. The third-order valence-corrected chi connectivity index (χ3v) is 3.18. The first-order valence-corrected chi connectivity index (χ1v) is 6.51. The van der Waals surface area contributed by atoms with E-state index in [2.05, 4.69) is 5.32 Å². The number of rotatable bonds is 3. The molecule has 1 aromatic rings. The van der Waals surface area contributed by atoms with Crippen molar-refractivity contribution in [1.82, 2.24) is 10.2 Å². The van der Waals surface area contributed by atoms with Crippen LogP contribution in [0.5, 0.6) is 0 Å². The Balaban J connectivity index is 2.03. The van der Waals surface area contributed by atoms with Gasteiger partial charge in [0.25, 0.3) is 5.69 Å². The summed E-state index contributed by atoms with van der Waals surface area (Å²) >= 11 is 0. The van der Waals surface area contributed by atoms with E-state index in [1.807, 2.05) is 6.92 Å². The highest BCUT2D eigenvalue weighted by Gasteiger charge is 2.18. The lowest BCUT2D eigenvalue weighted by molar-refractivity contribution is -0.384. The smallest absolute Gasteiger partial charge is 0.270 e. The van der Waals surface area contributed by atoms with Gasteiger partial charge >= 0.3 is 0 Å². The minimum Gasteiger partial charge on any atom is -0.336 e. The number of piperazine rings is 1. The summed E-state index contributed by atoms with van der Waals surface area (Å²) < 4.78 is 0. The van der Waals surface area contributed by atoms with Crippen LogP contribution in [0.1, 0.15) is 12.5 Å². The lowest BCUT2D eigenvalue weighted by atomic mass is 10.2. The monoisotopic (exact) mass is 275 g/mol. The van der Waals surface area contributed by atoms with E-state index >= 15 is 0 Å². The average molecular weight is 275 g/mol. The predicted octanol–water partition coefficient (Wildman–Crippen LogP) is 1.43. The molecule has 1 fully saturated rings. The first kappa shape index (κ1) is 14.2. The SMILES string of the molecule is C[C@H]1CN(C(=O)/C=C/c2cccc([N+](=O)[O-])c2)CCN1. The maximum atomic E-state index is 12.0. The minimum atomic E-state index is -0.447. The fourth-order valence-corrected chi connectivity index (χ4v) is 2.15. The number of carbonyl (C=O) groups is 1. The summed E-state index contributed by atoms with van der Waals surface area (Å²) in [7, 11) is 0. The van der Waals surface area contributed by atoms with Crippen molar-refractivity contribution in [2.24, 2.45) is 0 Å². The molecule has 1 N–H and O–H groups in total. The Labute approximate surface area is 117 Å². The van der Waals surface area contributed by atoms with Crippen LogP contribution in [0.15, 0.2) is 30.3 Å². The second-order valence-corrected chi connectivity index (χ2v) is 4.82. The van der Waals surface area contributed by atoms with Crippen molar-refractivity contribution in [3.63, 3.8) is 0 Å². The Kier molecular flexibility index (Phi) is 4.47. The highest BCUT2D eigenvalue weighted by molar-refractivity contribution is 5.92. The molecule has 6 nitrogen and oxygen atoms in total. The van der Waals surface area contributed by atoms with Gasteiger partial charge in [0, 0.05) is 43.9 Å². The average Bonchev–Trinajstić information content (AvgIpc) is 2.45. The van der Waals surface area contributed by atoms with Gasteiger partial charge in [-0.05, 0) is 18.6 Å². The van der Waals surface area contributed by atoms with Gasteiger partial charge in [-0.15, -0.1) is 0 Å². The van der Waals surface area contributed by atoms with E-state index in [0.717, 1.165) is 6.54 Å². The standard InChI is InChI=1S/C14H17N3O3/c1-11-10-16(8-7-15-11)14(18)6-5-12-3-2-4-13(9-12)17(19)20/h2-6,9,11,15H,7-8,10H2,1H3/b6-5+/t11-/m0/s1. The van der Waals surface area contributed by atoms with E-state index in [4.69, 9.17) is 0 Å². The van der Waals surface area contributed by atoms with Crippen LogP contribution >= 0.6 is 0 Å². The van der Waals surface area contributed by atoms with Crippen LogP contribution in [0, 0.1) is 10.1 Å². The molecule has 0 bridgehead atoms. The molecule has 0 unspecified atom stereocenters. The van der Waals surface area contributed by atoms with Crippen molar-refractivity contribution in [3.05, 3.63) is 46.0 Å². The quantitative estimate of drug-likeness (QED) is 0.514. The Hall–Kier alpha value is -2.21. The molecule has 2 rings (SSSR count). The van der Waals surface area contributed by atoms with Gasteiger partial charge < -0.3 is 10.2 Å². The first-order valence-electron chi connectivity index (χ1n) is 6.51. The Morgan fingerprint density at radius 2 is 2.35 bits per heavy atom. The van der Waals surface area contributed by atoms with Gasteiger partial charge in [-0.1, -0.05) is 12.1 Å². The Morgan fingerprint density at radius 1 is 1.55 bits per heavy atom. The van der Waals surface area contributed by atoms with Gasteiger partial charge in [0.1, 0.15) is 0 Å². The van der Waals surface area contributed by atoms with Crippen LogP contribution in [0.2, 0.25) is 0 Å². The number of carbonyl (C=O) groups excluding carboxylic acids is 1. The van der Waals surface area contributed by atoms with Gasteiger partial charge in [-0.3, -0.25) is 14.9 Å². The lowest BCUT2D eigenvalue weighted by Crippen LogP contribution is -2.50. The van der Waals surface area contributed by atoms with E-state index in [9.17, 15) is 14.9 Å². The zero-order valence-corrected chi connectivity index (χ0v) is 11.3. The highest BCUT2D eigenvalue weighted by atomic mass is 16.6. The molecule has 1 saturated heterocycles. The highest BCUT2D eigenvalue weighted by Crippen LogP contribution is 2.14. The van der Waals surface area contributed by atoms with Crippen molar-refractivity contribution in [3.8, 4) is 0 Å². The molecular weight excluding hydrogens is 258 g/mol. The molecule has 0 spiro atoms. The number of benzene rings is 1. The predicted molar refractivity (Wildman–Crippen MR) is 76.2 cm³/mol. The van der Waals surface area contributed by atoms with Gasteiger partial charge in [-0.2, -0.15) is 0 Å². The number of nitrogens with one attached hydrogen (secondary N) is 1. The van der Waals surface area contributed by atoms with Crippen LogP contribution in [0.3, 0.4) is 0 Å². The number of hydrogen-bond acceptors (Lipinski definition) is 4. The molecule has 0 aliphatic carbocycles. The van der Waals surface area contributed by atoms with Crippen LogP contribution in [0.25, 0.3) is 6.08 Å². The van der Waals surface area contributed by atoms with Crippen LogP contribution < -0.4 is 5.32 Å². The zero-order chi connectivity index (χ0) is 14.5. The number of nitro groups is 1. The second-order valence-electron chi connectivity index (χ2n) is 4.82. The zero-order valence-electron chi connectivity index (χ0n) is 11.3. The van der Waals surface area contributed by atoms with Gasteiger partial charge in [0.2, 0.25) is 5.91 Å². The molecule has 1 aliphatic rings. The van der Waals surface area contributed by atoms with Gasteiger partial charge in [-0.25, -0.2) is 0 Å². The van der Waals surface area contributed by atoms with Gasteiger partial charge in [0.15, 0.2) is 0 Å². The second kappa shape index (κ2) is 6.29. The summed E-state index contributed by atoms with van der Waals surface area (Å²) in [6, 6.07) is 6.51. The maximum absolute atomic E-state index is 12.0. The van der Waals surface area contributed by atoms with E-state index in [-0.39, 0.29) is 11.6 Å². The van der Waals surface area contributed by atoms with E-state index < -0.39 is 4.92 Å². The number of non-ortho nitro benzene ring substituents is 1. The third kappa shape index (κ3) is 3.64. The molecule has 106 valence electrons. The van der Waals surface area contributed by atoms with Crippen molar-refractivity contribution in [2.75, 3.05) is 19.6 Å². The van der Waals surface area contributed by atoms with E-state index in [0.29, 0.717) is 24.7 Å². The lowest BCUT2D eigenvalue weighted by Gasteiger charge is -2.31. The molecule has 6 heteroatoms. The topological polar surface area (TPSA) is 75.5 Å². The molecule has 1 amide bonds. The van der Waals surface area contributed by atoms with Crippen molar-refractivity contribution in [1.29, 1.82) is 0 Å². The summed E-state index contributed by atoms with van der Waals surface area (Å²) in [6.45, 7) is 4.18. The first-order chi connectivity index (χ1) is 9.56. The van der Waals surface area contributed by atoms with Crippen molar-refractivity contribution in [2.45, 2.75) is 13.0 Å². The normalized spacial score (nSPS) is 19.2. The fourth-order valence-electron chi connectivity index (χ4n) is 2.15. The molecular formula is C14H17N3O3. The molecule has 1 aliphatic heterocycles. The van der Waals surface area contributed by atoms with Crippen LogP contribution in [-0.4, -0.2) is 41.4 Å². The van der Waals surface area contributed by atoms with Crippen molar-refractivity contribution < 1.29 is 9.72 Å². The number of nitro benzene ring substituents is 1.